The van der Waals surface area contributed by atoms with E-state index in [9.17, 15) is 4.79 Å². The van der Waals surface area contributed by atoms with Crippen LogP contribution in [0.25, 0.3) is 6.08 Å². The Morgan fingerprint density at radius 2 is 1.61 bits per heavy atom. The van der Waals surface area contributed by atoms with E-state index in [2.05, 4.69) is 6.92 Å². The van der Waals surface area contributed by atoms with Gasteiger partial charge in [0.15, 0.2) is 5.17 Å². The van der Waals surface area contributed by atoms with Crippen LogP contribution in [0.15, 0.2) is 94.8 Å². The van der Waals surface area contributed by atoms with Gasteiger partial charge in [-0.3, -0.25) is 9.69 Å². The number of thioether (sulfide) groups is 1. The fourth-order valence-electron chi connectivity index (χ4n) is 3.23. The summed E-state index contributed by atoms with van der Waals surface area (Å²) >= 11 is 1.41. The molecule has 0 N–H and O–H groups in total. The highest BCUT2D eigenvalue weighted by Gasteiger charge is 2.33. The van der Waals surface area contributed by atoms with Crippen molar-refractivity contribution in [3.05, 3.63) is 101 Å². The number of para-hydroxylation sites is 2. The molecule has 5 heteroatoms. The second-order valence-corrected chi connectivity index (χ2v) is 8.12. The number of nitrogens with zero attached hydrogens (tertiary/aromatic N) is 2. The zero-order valence-electron chi connectivity index (χ0n) is 17.4. The lowest BCUT2D eigenvalue weighted by Gasteiger charge is -2.14. The van der Waals surface area contributed by atoms with Gasteiger partial charge < -0.3 is 4.74 Å². The van der Waals surface area contributed by atoms with Gasteiger partial charge in [0, 0.05) is 12.1 Å². The molecule has 0 aliphatic carbocycles. The number of carbonyl (C=O) groups excluding carboxylic acids is 1. The fraction of sp³-hybridized carbons (Fsp3) is 0.154. The Morgan fingerprint density at radius 3 is 2.35 bits per heavy atom. The van der Waals surface area contributed by atoms with Crippen LogP contribution in [0.1, 0.15) is 24.5 Å². The van der Waals surface area contributed by atoms with Crippen molar-refractivity contribution in [2.75, 3.05) is 6.54 Å². The summed E-state index contributed by atoms with van der Waals surface area (Å²) in [7, 11) is 0. The van der Waals surface area contributed by atoms with E-state index in [1.807, 2.05) is 91.0 Å². The van der Waals surface area contributed by atoms with Crippen LogP contribution in [-0.2, 0) is 11.4 Å². The standard InChI is InChI=1S/C26H24N2O2S/c1-2-17-28-25(29)24(31-26(28)27-22-14-7-4-8-15-22)18-21-13-9-10-16-23(21)30-19-20-11-5-3-6-12-20/h3-16,18H,2,17,19H2,1H3/b24-18+,27-26?. The Kier molecular flexibility index (Phi) is 6.85. The van der Waals surface area contributed by atoms with Gasteiger partial charge in [-0.2, -0.15) is 0 Å². The minimum atomic E-state index is -0.0145. The van der Waals surface area contributed by atoms with Crippen molar-refractivity contribution in [3.63, 3.8) is 0 Å². The molecule has 0 atom stereocenters. The van der Waals surface area contributed by atoms with Gasteiger partial charge >= 0.3 is 0 Å². The van der Waals surface area contributed by atoms with Gasteiger partial charge in [-0.05, 0) is 48.0 Å². The molecule has 0 saturated carbocycles. The van der Waals surface area contributed by atoms with E-state index in [1.165, 1.54) is 11.8 Å². The van der Waals surface area contributed by atoms with Crippen LogP contribution >= 0.6 is 11.8 Å². The number of benzene rings is 3. The van der Waals surface area contributed by atoms with E-state index in [1.54, 1.807) is 4.90 Å². The SMILES string of the molecule is CCCN1C(=O)/C(=C\c2ccccc2OCc2ccccc2)SC1=Nc1ccccc1. The molecule has 31 heavy (non-hydrogen) atoms. The Hall–Kier alpha value is -3.31. The number of carbonyl (C=O) groups is 1. The number of amidine groups is 1. The first kappa shape index (κ1) is 20.9. The van der Waals surface area contributed by atoms with Crippen LogP contribution in [0.5, 0.6) is 5.75 Å². The molecule has 3 aromatic carbocycles. The van der Waals surface area contributed by atoms with Crippen molar-refractivity contribution in [1.29, 1.82) is 0 Å². The monoisotopic (exact) mass is 428 g/mol. The Labute approximate surface area is 187 Å². The summed E-state index contributed by atoms with van der Waals surface area (Å²) in [4.78, 5) is 20.2. The third kappa shape index (κ3) is 5.25. The normalized spacial score (nSPS) is 16.3. The molecule has 1 aliphatic heterocycles. The molecule has 1 heterocycles. The third-order valence-corrected chi connectivity index (χ3v) is 5.77. The summed E-state index contributed by atoms with van der Waals surface area (Å²) in [5.74, 6) is 0.738. The van der Waals surface area contributed by atoms with Gasteiger partial charge in [0.05, 0.1) is 10.6 Å². The van der Waals surface area contributed by atoms with Crippen LogP contribution in [0.2, 0.25) is 0 Å². The molecule has 156 valence electrons. The number of aliphatic imine (C=N–C) groups is 1. The summed E-state index contributed by atoms with van der Waals surface area (Å²) in [6.45, 7) is 3.18. The van der Waals surface area contributed by atoms with Crippen LogP contribution in [0.4, 0.5) is 5.69 Å². The van der Waals surface area contributed by atoms with Crippen molar-refractivity contribution < 1.29 is 9.53 Å². The smallest absolute Gasteiger partial charge is 0.266 e. The average Bonchev–Trinajstić information content (AvgIpc) is 3.09. The van der Waals surface area contributed by atoms with Gasteiger partial charge in [-0.15, -0.1) is 0 Å². The predicted molar refractivity (Wildman–Crippen MR) is 128 cm³/mol. The first-order valence-electron chi connectivity index (χ1n) is 10.4. The van der Waals surface area contributed by atoms with Crippen molar-refractivity contribution in [2.24, 2.45) is 4.99 Å². The second-order valence-electron chi connectivity index (χ2n) is 7.11. The topological polar surface area (TPSA) is 41.9 Å². The lowest BCUT2D eigenvalue weighted by molar-refractivity contribution is -0.122. The molecule has 4 rings (SSSR count). The van der Waals surface area contributed by atoms with Crippen molar-refractivity contribution >= 4 is 34.6 Å². The van der Waals surface area contributed by atoms with E-state index >= 15 is 0 Å². The van der Waals surface area contributed by atoms with Crippen molar-refractivity contribution in [1.82, 2.24) is 4.90 Å². The predicted octanol–water partition coefficient (Wildman–Crippen LogP) is 6.28. The lowest BCUT2D eigenvalue weighted by atomic mass is 10.1. The number of hydrogen-bond acceptors (Lipinski definition) is 4. The van der Waals surface area contributed by atoms with Crippen LogP contribution in [-0.4, -0.2) is 22.5 Å². The van der Waals surface area contributed by atoms with Crippen molar-refractivity contribution in [3.8, 4) is 5.75 Å². The molecular weight excluding hydrogens is 404 g/mol. The number of hydrogen-bond donors (Lipinski definition) is 0. The van der Waals surface area contributed by atoms with Gasteiger partial charge in [0.25, 0.3) is 5.91 Å². The van der Waals surface area contributed by atoms with Gasteiger partial charge in [0.1, 0.15) is 12.4 Å². The number of ether oxygens (including phenoxy) is 1. The molecule has 1 aliphatic rings. The Balaban J connectivity index is 1.59. The van der Waals surface area contributed by atoms with Crippen molar-refractivity contribution in [2.45, 2.75) is 20.0 Å². The first-order chi connectivity index (χ1) is 15.2. The van der Waals surface area contributed by atoms with E-state index < -0.39 is 0 Å². The summed E-state index contributed by atoms with van der Waals surface area (Å²) in [5, 5.41) is 0.715. The molecule has 1 fully saturated rings. The average molecular weight is 429 g/mol. The number of amides is 1. The van der Waals surface area contributed by atoms with E-state index in [0.29, 0.717) is 23.2 Å². The first-order valence-corrected chi connectivity index (χ1v) is 11.2. The summed E-state index contributed by atoms with van der Waals surface area (Å²) in [6.07, 6.45) is 2.77. The maximum Gasteiger partial charge on any atom is 0.266 e. The number of rotatable bonds is 7. The largest absolute Gasteiger partial charge is 0.488 e. The highest BCUT2D eigenvalue weighted by Crippen LogP contribution is 2.35. The maximum absolute atomic E-state index is 13.1. The highest BCUT2D eigenvalue weighted by molar-refractivity contribution is 8.18. The molecule has 0 radical (unpaired) electrons. The lowest BCUT2D eigenvalue weighted by Crippen LogP contribution is -2.29. The van der Waals surface area contributed by atoms with Gasteiger partial charge in [-0.1, -0.05) is 73.7 Å². The van der Waals surface area contributed by atoms with Gasteiger partial charge in [0.2, 0.25) is 0 Å². The maximum atomic E-state index is 13.1. The van der Waals surface area contributed by atoms with Crippen LogP contribution in [0.3, 0.4) is 0 Å². The minimum absolute atomic E-state index is 0.0145. The molecule has 0 spiro atoms. The molecule has 1 saturated heterocycles. The van der Waals surface area contributed by atoms with Crippen LogP contribution in [0, 0.1) is 0 Å². The summed E-state index contributed by atoms with van der Waals surface area (Å²) in [6, 6.07) is 27.6. The van der Waals surface area contributed by atoms with Gasteiger partial charge in [-0.25, -0.2) is 4.99 Å². The highest BCUT2D eigenvalue weighted by atomic mass is 32.2. The third-order valence-electron chi connectivity index (χ3n) is 4.76. The quantitative estimate of drug-likeness (QED) is 0.416. The zero-order chi connectivity index (χ0) is 21.5. The molecule has 3 aromatic rings. The fourth-order valence-corrected chi connectivity index (χ4v) is 4.25. The Morgan fingerprint density at radius 1 is 0.935 bits per heavy atom. The molecule has 4 nitrogen and oxygen atoms in total. The second kappa shape index (κ2) is 10.1. The molecule has 0 unspecified atom stereocenters. The molecular formula is C26H24N2O2S. The van der Waals surface area contributed by atoms with E-state index in [-0.39, 0.29) is 5.91 Å². The van der Waals surface area contributed by atoms with E-state index in [4.69, 9.17) is 9.73 Å². The molecule has 0 bridgehead atoms. The van der Waals surface area contributed by atoms with Crippen LogP contribution < -0.4 is 4.74 Å². The Bertz CT molecular complexity index is 1090. The molecule has 1 amide bonds. The zero-order valence-corrected chi connectivity index (χ0v) is 18.2. The summed E-state index contributed by atoms with van der Waals surface area (Å²) in [5.41, 5.74) is 2.82. The summed E-state index contributed by atoms with van der Waals surface area (Å²) < 4.78 is 6.06. The van der Waals surface area contributed by atoms with E-state index in [0.717, 1.165) is 29.0 Å². The molecule has 0 aromatic heterocycles. The minimum Gasteiger partial charge on any atom is -0.488 e.